The fourth-order valence-electron chi connectivity index (χ4n) is 4.46. The van der Waals surface area contributed by atoms with Gasteiger partial charge in [-0.05, 0) is 72.5 Å². The van der Waals surface area contributed by atoms with Crippen molar-refractivity contribution in [1.82, 2.24) is 20.1 Å². The average molecular weight is 536 g/mol. The maximum atomic E-state index is 13.2. The highest BCUT2D eigenvalue weighted by molar-refractivity contribution is 7.99. The second-order valence-electron chi connectivity index (χ2n) is 9.37. The molecule has 196 valence electrons. The Morgan fingerprint density at radius 3 is 2.49 bits per heavy atom. The van der Waals surface area contributed by atoms with Crippen LogP contribution in [-0.4, -0.2) is 32.3 Å². The number of nitrogens with zero attached hydrogens (tertiary/aromatic N) is 3. The summed E-state index contributed by atoms with van der Waals surface area (Å²) in [6.45, 7) is 6.26. The molecule has 0 spiro atoms. The van der Waals surface area contributed by atoms with E-state index in [1.807, 2.05) is 110 Å². The summed E-state index contributed by atoms with van der Waals surface area (Å²) in [6.07, 6.45) is 0. The zero-order chi connectivity index (χ0) is 27.4. The Morgan fingerprint density at radius 1 is 0.872 bits per heavy atom. The zero-order valence-corrected chi connectivity index (χ0v) is 22.9. The Hall–Kier alpha value is -4.43. The lowest BCUT2D eigenvalue weighted by molar-refractivity contribution is -0.113. The SMILES string of the molecule is Cc1cccc(NC(=O)CSc2nnc(CNC(=O)c3cccc4ccccc34)n2-c2cccc(C)c2C)c1. The molecule has 4 aromatic carbocycles. The standard InChI is InChI=1S/C31H29N5O2S/c1-20-9-6-13-24(17-20)33-29(37)19-39-31-35-34-28(36(31)27-16-7-10-21(2)22(27)3)18-32-30(38)26-15-8-12-23-11-4-5-14-25(23)26/h4-17H,18-19H2,1-3H3,(H,32,38)(H,33,37). The number of hydrogen-bond donors (Lipinski definition) is 2. The zero-order valence-electron chi connectivity index (χ0n) is 22.1. The van der Waals surface area contributed by atoms with E-state index in [0.717, 1.165) is 38.8 Å². The molecule has 0 aliphatic heterocycles. The highest BCUT2D eigenvalue weighted by Crippen LogP contribution is 2.26. The first-order valence-corrected chi connectivity index (χ1v) is 13.7. The number of carbonyl (C=O) groups is 2. The second kappa shape index (κ2) is 11.5. The topological polar surface area (TPSA) is 88.9 Å². The highest BCUT2D eigenvalue weighted by Gasteiger charge is 2.19. The van der Waals surface area contributed by atoms with Gasteiger partial charge in [-0.25, -0.2) is 0 Å². The Morgan fingerprint density at radius 2 is 1.64 bits per heavy atom. The lowest BCUT2D eigenvalue weighted by Gasteiger charge is -2.15. The summed E-state index contributed by atoms with van der Waals surface area (Å²) in [4.78, 5) is 25.9. The molecule has 7 nitrogen and oxygen atoms in total. The van der Waals surface area contributed by atoms with Gasteiger partial charge < -0.3 is 10.6 Å². The molecule has 5 aromatic rings. The van der Waals surface area contributed by atoms with Gasteiger partial charge in [0.15, 0.2) is 11.0 Å². The van der Waals surface area contributed by atoms with Crippen LogP contribution < -0.4 is 10.6 Å². The number of benzene rings is 4. The molecule has 0 fully saturated rings. The third-order valence-electron chi connectivity index (χ3n) is 6.59. The fourth-order valence-corrected chi connectivity index (χ4v) is 5.22. The predicted octanol–water partition coefficient (Wildman–Crippen LogP) is 6.01. The first-order valence-electron chi connectivity index (χ1n) is 12.7. The van der Waals surface area contributed by atoms with Gasteiger partial charge in [0.25, 0.3) is 5.91 Å². The van der Waals surface area contributed by atoms with Crippen molar-refractivity contribution in [2.75, 3.05) is 11.1 Å². The Balaban J connectivity index is 1.38. The molecule has 0 aliphatic carbocycles. The van der Waals surface area contributed by atoms with E-state index in [-0.39, 0.29) is 24.1 Å². The highest BCUT2D eigenvalue weighted by atomic mass is 32.2. The van der Waals surface area contributed by atoms with E-state index >= 15 is 0 Å². The van der Waals surface area contributed by atoms with Crippen LogP contribution in [0.3, 0.4) is 0 Å². The van der Waals surface area contributed by atoms with Gasteiger partial charge in [0, 0.05) is 11.3 Å². The monoisotopic (exact) mass is 535 g/mol. The van der Waals surface area contributed by atoms with E-state index < -0.39 is 0 Å². The molecule has 0 atom stereocenters. The molecule has 1 heterocycles. The summed E-state index contributed by atoms with van der Waals surface area (Å²) >= 11 is 1.31. The largest absolute Gasteiger partial charge is 0.345 e. The number of aryl methyl sites for hydroxylation is 2. The molecule has 0 radical (unpaired) electrons. The van der Waals surface area contributed by atoms with Crippen molar-refractivity contribution < 1.29 is 9.59 Å². The van der Waals surface area contributed by atoms with Gasteiger partial charge in [0.2, 0.25) is 5.91 Å². The van der Waals surface area contributed by atoms with Crippen LogP contribution in [-0.2, 0) is 11.3 Å². The van der Waals surface area contributed by atoms with Crippen molar-refractivity contribution in [3.8, 4) is 5.69 Å². The number of rotatable bonds is 8. The number of thioether (sulfide) groups is 1. The molecule has 2 amide bonds. The van der Waals surface area contributed by atoms with E-state index in [1.165, 1.54) is 11.8 Å². The van der Waals surface area contributed by atoms with Gasteiger partial charge in [-0.2, -0.15) is 0 Å². The molecule has 39 heavy (non-hydrogen) atoms. The van der Waals surface area contributed by atoms with Crippen molar-refractivity contribution >= 4 is 40.0 Å². The van der Waals surface area contributed by atoms with Crippen LogP contribution in [0.5, 0.6) is 0 Å². The van der Waals surface area contributed by atoms with Gasteiger partial charge in [-0.15, -0.1) is 10.2 Å². The van der Waals surface area contributed by atoms with Crippen molar-refractivity contribution in [2.45, 2.75) is 32.5 Å². The first-order chi connectivity index (χ1) is 18.9. The minimum atomic E-state index is -0.186. The van der Waals surface area contributed by atoms with Crippen LogP contribution in [0.25, 0.3) is 16.5 Å². The number of aromatic nitrogens is 3. The van der Waals surface area contributed by atoms with Crippen LogP contribution in [0, 0.1) is 20.8 Å². The maximum Gasteiger partial charge on any atom is 0.252 e. The molecule has 0 saturated carbocycles. The van der Waals surface area contributed by atoms with E-state index in [1.54, 1.807) is 0 Å². The molecule has 0 aliphatic rings. The summed E-state index contributed by atoms with van der Waals surface area (Å²) in [5.74, 6) is 0.430. The maximum absolute atomic E-state index is 13.2. The summed E-state index contributed by atoms with van der Waals surface area (Å²) in [5, 5.41) is 17.2. The van der Waals surface area contributed by atoms with Crippen LogP contribution >= 0.6 is 11.8 Å². The summed E-state index contributed by atoms with van der Waals surface area (Å²) in [7, 11) is 0. The number of anilines is 1. The number of hydrogen-bond acceptors (Lipinski definition) is 5. The molecule has 0 saturated heterocycles. The van der Waals surface area contributed by atoms with E-state index in [4.69, 9.17) is 0 Å². The smallest absolute Gasteiger partial charge is 0.252 e. The Kier molecular flexibility index (Phi) is 7.74. The van der Waals surface area contributed by atoms with Crippen LogP contribution in [0.15, 0.2) is 90.1 Å². The normalized spacial score (nSPS) is 10.9. The fraction of sp³-hybridized carbons (Fsp3) is 0.161. The first kappa shape index (κ1) is 26.2. The molecule has 0 bridgehead atoms. The molecule has 2 N–H and O–H groups in total. The number of amides is 2. The number of fused-ring (bicyclic) bond motifs is 1. The van der Waals surface area contributed by atoms with Gasteiger partial charge in [-0.3, -0.25) is 14.2 Å². The lowest BCUT2D eigenvalue weighted by Crippen LogP contribution is -2.25. The summed E-state index contributed by atoms with van der Waals surface area (Å²) in [5.41, 5.74) is 5.55. The van der Waals surface area contributed by atoms with Crippen molar-refractivity contribution in [1.29, 1.82) is 0 Å². The number of nitrogens with one attached hydrogen (secondary N) is 2. The Bertz CT molecular complexity index is 1670. The van der Waals surface area contributed by atoms with Gasteiger partial charge >= 0.3 is 0 Å². The minimum Gasteiger partial charge on any atom is -0.345 e. The van der Waals surface area contributed by atoms with Crippen LogP contribution in [0.2, 0.25) is 0 Å². The van der Waals surface area contributed by atoms with Gasteiger partial charge in [0.05, 0.1) is 18.0 Å². The lowest BCUT2D eigenvalue weighted by atomic mass is 10.0. The third-order valence-corrected chi connectivity index (χ3v) is 7.52. The van der Waals surface area contributed by atoms with E-state index in [0.29, 0.717) is 16.5 Å². The van der Waals surface area contributed by atoms with Gasteiger partial charge in [0.1, 0.15) is 0 Å². The van der Waals surface area contributed by atoms with Crippen LogP contribution in [0.1, 0.15) is 32.9 Å². The Labute approximate surface area is 231 Å². The molecule has 0 unspecified atom stereocenters. The summed E-state index contributed by atoms with van der Waals surface area (Å²) < 4.78 is 1.93. The van der Waals surface area contributed by atoms with E-state index in [9.17, 15) is 9.59 Å². The molecular weight excluding hydrogens is 506 g/mol. The number of carbonyl (C=O) groups excluding carboxylic acids is 2. The van der Waals surface area contributed by atoms with Crippen molar-refractivity contribution in [2.24, 2.45) is 0 Å². The molecule has 1 aromatic heterocycles. The van der Waals surface area contributed by atoms with Gasteiger partial charge in [-0.1, -0.05) is 72.4 Å². The minimum absolute atomic E-state index is 0.132. The predicted molar refractivity (Wildman–Crippen MR) is 156 cm³/mol. The second-order valence-corrected chi connectivity index (χ2v) is 10.3. The molecule has 5 rings (SSSR count). The molecular formula is C31H29N5O2S. The third kappa shape index (κ3) is 5.86. The quantitative estimate of drug-likeness (QED) is 0.238. The van der Waals surface area contributed by atoms with Crippen molar-refractivity contribution in [3.05, 3.63) is 113 Å². The van der Waals surface area contributed by atoms with Crippen LogP contribution in [0.4, 0.5) is 5.69 Å². The van der Waals surface area contributed by atoms with Crippen molar-refractivity contribution in [3.63, 3.8) is 0 Å². The molecule has 8 heteroatoms. The van der Waals surface area contributed by atoms with E-state index in [2.05, 4.69) is 20.8 Å². The average Bonchev–Trinajstić information content (AvgIpc) is 3.34. The summed E-state index contributed by atoms with van der Waals surface area (Å²) in [6, 6.07) is 27.2.